The SMILES string of the molecule is CCOC(=O)COc1ccc(C(=O)CN2C=C3C=CC(C(=N)NO)C(=O)C3C2)c(O)c1C. The van der Waals surface area contributed by atoms with Crippen molar-refractivity contribution in [3.8, 4) is 11.5 Å². The molecule has 0 radical (unpaired) electrons. The van der Waals surface area contributed by atoms with Crippen LogP contribution in [0.4, 0.5) is 0 Å². The molecule has 0 saturated carbocycles. The molecule has 2 unspecified atom stereocenters. The zero-order valence-corrected chi connectivity index (χ0v) is 17.8. The molecule has 32 heavy (non-hydrogen) atoms. The van der Waals surface area contributed by atoms with E-state index in [0.29, 0.717) is 5.56 Å². The third kappa shape index (κ3) is 4.65. The lowest BCUT2D eigenvalue weighted by Crippen LogP contribution is -2.39. The van der Waals surface area contributed by atoms with Crippen molar-refractivity contribution < 1.29 is 34.2 Å². The number of ketones is 2. The summed E-state index contributed by atoms with van der Waals surface area (Å²) in [5.41, 5.74) is 2.86. The molecule has 0 spiro atoms. The lowest BCUT2D eigenvalue weighted by Gasteiger charge is -2.23. The van der Waals surface area contributed by atoms with Crippen molar-refractivity contribution in [2.75, 3.05) is 26.3 Å². The summed E-state index contributed by atoms with van der Waals surface area (Å²) >= 11 is 0. The second-order valence-corrected chi connectivity index (χ2v) is 7.48. The summed E-state index contributed by atoms with van der Waals surface area (Å²) < 4.78 is 10.2. The number of aromatic hydroxyl groups is 1. The summed E-state index contributed by atoms with van der Waals surface area (Å²) in [6.45, 7) is 3.39. The van der Waals surface area contributed by atoms with Gasteiger partial charge in [-0.1, -0.05) is 12.2 Å². The first-order valence-corrected chi connectivity index (χ1v) is 10.1. The topological polar surface area (TPSA) is 149 Å². The number of carbonyl (C=O) groups excluding carboxylic acids is 3. The number of nitrogens with zero attached hydrogens (tertiary/aromatic N) is 1. The molecule has 1 aromatic carbocycles. The second kappa shape index (κ2) is 9.65. The molecular formula is C22H25N3O7. The Hall–Kier alpha value is -3.66. The van der Waals surface area contributed by atoms with Gasteiger partial charge in [-0.3, -0.25) is 25.7 Å². The Morgan fingerprint density at radius 1 is 1.34 bits per heavy atom. The molecule has 2 atom stereocenters. The molecule has 170 valence electrons. The van der Waals surface area contributed by atoms with Crippen LogP contribution in [0.15, 0.2) is 36.1 Å². The minimum atomic E-state index is -0.855. The number of benzene rings is 1. The van der Waals surface area contributed by atoms with Gasteiger partial charge >= 0.3 is 5.97 Å². The number of phenolic OH excluding ortho intramolecular Hbond substituents is 1. The van der Waals surface area contributed by atoms with Crippen LogP contribution in [0.5, 0.6) is 11.5 Å². The van der Waals surface area contributed by atoms with Crippen molar-refractivity contribution in [1.29, 1.82) is 5.41 Å². The monoisotopic (exact) mass is 443 g/mol. The van der Waals surface area contributed by atoms with E-state index < -0.39 is 17.8 Å². The predicted molar refractivity (Wildman–Crippen MR) is 113 cm³/mol. The van der Waals surface area contributed by atoms with Crippen LogP contribution in [0.2, 0.25) is 0 Å². The Kier molecular flexibility index (Phi) is 6.94. The smallest absolute Gasteiger partial charge is 0.344 e. The van der Waals surface area contributed by atoms with Crippen LogP contribution < -0.4 is 10.2 Å². The molecule has 0 fully saturated rings. The van der Waals surface area contributed by atoms with Crippen molar-refractivity contribution in [1.82, 2.24) is 10.4 Å². The van der Waals surface area contributed by atoms with E-state index >= 15 is 0 Å². The normalized spacial score (nSPS) is 19.3. The van der Waals surface area contributed by atoms with Gasteiger partial charge in [0, 0.05) is 18.3 Å². The van der Waals surface area contributed by atoms with Gasteiger partial charge in [0.2, 0.25) is 0 Å². The molecule has 1 aliphatic heterocycles. The largest absolute Gasteiger partial charge is 0.507 e. The molecule has 1 heterocycles. The average molecular weight is 443 g/mol. The van der Waals surface area contributed by atoms with E-state index in [4.69, 9.17) is 20.1 Å². The number of hydrogen-bond acceptors (Lipinski definition) is 9. The van der Waals surface area contributed by atoms with E-state index in [1.54, 1.807) is 36.5 Å². The zero-order valence-electron chi connectivity index (χ0n) is 17.8. The summed E-state index contributed by atoms with van der Waals surface area (Å²) in [7, 11) is 0. The first kappa shape index (κ1) is 23.0. The van der Waals surface area contributed by atoms with Crippen LogP contribution in [0.1, 0.15) is 22.8 Å². The molecule has 0 saturated heterocycles. The number of amidine groups is 1. The Labute approximate surface area is 184 Å². The number of hydrogen-bond donors (Lipinski definition) is 4. The fraction of sp³-hybridized carbons (Fsp3) is 0.364. The highest BCUT2D eigenvalue weighted by molar-refractivity contribution is 6.07. The summed E-state index contributed by atoms with van der Waals surface area (Å²) in [5.74, 6) is -2.75. The van der Waals surface area contributed by atoms with Crippen LogP contribution in [0, 0.1) is 24.2 Å². The van der Waals surface area contributed by atoms with Crippen molar-refractivity contribution in [3.63, 3.8) is 0 Å². The van der Waals surface area contributed by atoms with Gasteiger partial charge in [0.25, 0.3) is 0 Å². The number of allylic oxidation sites excluding steroid dienone is 1. The Morgan fingerprint density at radius 2 is 2.09 bits per heavy atom. The Bertz CT molecular complexity index is 1020. The van der Waals surface area contributed by atoms with Gasteiger partial charge in [0.05, 0.1) is 30.6 Å². The van der Waals surface area contributed by atoms with E-state index in [9.17, 15) is 19.5 Å². The number of rotatable bonds is 8. The van der Waals surface area contributed by atoms with Gasteiger partial charge < -0.3 is 19.5 Å². The predicted octanol–water partition coefficient (Wildman–Crippen LogP) is 1.35. The van der Waals surface area contributed by atoms with E-state index in [-0.39, 0.29) is 60.8 Å². The number of carbonyl (C=O) groups is 3. The van der Waals surface area contributed by atoms with Crippen LogP contribution in [0.3, 0.4) is 0 Å². The van der Waals surface area contributed by atoms with Gasteiger partial charge in [-0.25, -0.2) is 4.79 Å². The molecular weight excluding hydrogens is 418 g/mol. The van der Waals surface area contributed by atoms with E-state index in [2.05, 4.69) is 0 Å². The van der Waals surface area contributed by atoms with Gasteiger partial charge in [-0.2, -0.15) is 0 Å². The maximum absolute atomic E-state index is 12.8. The number of Topliss-reactive ketones (excluding diaryl/α,β-unsaturated/α-hetero) is 2. The van der Waals surface area contributed by atoms with Crippen LogP contribution in [-0.4, -0.2) is 64.9 Å². The molecule has 10 nitrogen and oxygen atoms in total. The fourth-order valence-electron chi connectivity index (χ4n) is 3.72. The molecule has 10 heteroatoms. The molecule has 0 bridgehead atoms. The highest BCUT2D eigenvalue weighted by Gasteiger charge is 2.38. The quantitative estimate of drug-likeness (QED) is 0.153. The van der Waals surface area contributed by atoms with E-state index in [1.807, 2.05) is 0 Å². The minimum Gasteiger partial charge on any atom is -0.507 e. The summed E-state index contributed by atoms with van der Waals surface area (Å²) in [6.07, 6.45) is 4.96. The van der Waals surface area contributed by atoms with E-state index in [0.717, 1.165) is 5.57 Å². The zero-order chi connectivity index (χ0) is 23.4. The van der Waals surface area contributed by atoms with Crippen molar-refractivity contribution in [3.05, 3.63) is 47.2 Å². The van der Waals surface area contributed by atoms with Gasteiger partial charge in [0.15, 0.2) is 18.2 Å². The number of hydroxylamine groups is 1. The number of phenols is 1. The fourth-order valence-corrected chi connectivity index (χ4v) is 3.72. The van der Waals surface area contributed by atoms with Crippen LogP contribution >= 0.6 is 0 Å². The highest BCUT2D eigenvalue weighted by atomic mass is 16.6. The summed E-state index contributed by atoms with van der Waals surface area (Å²) in [4.78, 5) is 38.6. The lowest BCUT2D eigenvalue weighted by atomic mass is 9.83. The molecule has 1 aromatic rings. The first-order chi connectivity index (χ1) is 15.3. The van der Waals surface area contributed by atoms with Crippen molar-refractivity contribution in [2.45, 2.75) is 13.8 Å². The minimum absolute atomic E-state index is 0.0580. The molecule has 0 amide bonds. The van der Waals surface area contributed by atoms with E-state index in [1.165, 1.54) is 18.2 Å². The molecule has 3 rings (SSSR count). The summed E-state index contributed by atoms with van der Waals surface area (Å²) in [5, 5.41) is 27.0. The third-order valence-corrected chi connectivity index (χ3v) is 5.39. The molecule has 4 N–H and O–H groups in total. The van der Waals surface area contributed by atoms with Crippen LogP contribution in [-0.2, 0) is 14.3 Å². The standard InChI is InChI=1S/C22H25N3O7/c1-3-31-19(27)11-32-18-7-6-14(20(28)12(18)2)17(26)10-25-8-13-4-5-15(22(23)24-30)21(29)16(13)9-25/h4-8,15-16,28,30H,3,9-11H2,1-2H3,(H2,23,24). The Morgan fingerprint density at radius 3 is 2.78 bits per heavy atom. The number of ether oxygens (including phenoxy) is 2. The number of fused-ring (bicyclic) bond motifs is 1. The summed E-state index contributed by atoms with van der Waals surface area (Å²) in [6, 6.07) is 2.94. The molecule has 1 aliphatic carbocycles. The average Bonchev–Trinajstić information content (AvgIpc) is 3.18. The maximum Gasteiger partial charge on any atom is 0.344 e. The van der Waals surface area contributed by atoms with Gasteiger partial charge in [0.1, 0.15) is 17.3 Å². The Balaban J connectivity index is 1.66. The van der Waals surface area contributed by atoms with Crippen LogP contribution in [0.25, 0.3) is 0 Å². The third-order valence-electron chi connectivity index (χ3n) is 5.39. The second-order valence-electron chi connectivity index (χ2n) is 7.48. The lowest BCUT2D eigenvalue weighted by molar-refractivity contribution is -0.145. The van der Waals surface area contributed by atoms with Gasteiger partial charge in [-0.05, 0) is 31.6 Å². The van der Waals surface area contributed by atoms with Gasteiger partial charge in [-0.15, -0.1) is 0 Å². The number of esters is 1. The van der Waals surface area contributed by atoms with Crippen molar-refractivity contribution in [2.24, 2.45) is 11.8 Å². The number of nitrogens with one attached hydrogen (secondary N) is 2. The maximum atomic E-state index is 12.8. The molecule has 0 aromatic heterocycles. The highest BCUT2D eigenvalue weighted by Crippen LogP contribution is 2.33. The first-order valence-electron chi connectivity index (χ1n) is 10.1. The molecule has 2 aliphatic rings. The van der Waals surface area contributed by atoms with Crippen molar-refractivity contribution >= 4 is 23.4 Å².